The number of rotatable bonds is 7. The molecule has 0 amide bonds. The summed E-state index contributed by atoms with van der Waals surface area (Å²) >= 11 is 1.81. The van der Waals surface area contributed by atoms with E-state index >= 15 is 0 Å². The van der Waals surface area contributed by atoms with Gasteiger partial charge in [0.25, 0.3) is 0 Å². The molecular formula is C18H30N4S. The Morgan fingerprint density at radius 2 is 2.09 bits per heavy atom. The van der Waals surface area contributed by atoms with Gasteiger partial charge in [0, 0.05) is 30.9 Å². The van der Waals surface area contributed by atoms with Gasteiger partial charge in [0.2, 0.25) is 0 Å². The summed E-state index contributed by atoms with van der Waals surface area (Å²) in [5, 5.41) is 8.09. The molecule has 5 heteroatoms. The number of thiazole rings is 1. The van der Waals surface area contributed by atoms with Gasteiger partial charge in [-0.1, -0.05) is 6.42 Å². The Hall–Kier alpha value is -1.10. The molecule has 0 aliphatic heterocycles. The summed E-state index contributed by atoms with van der Waals surface area (Å²) in [7, 11) is 0. The van der Waals surface area contributed by atoms with E-state index in [1.54, 1.807) is 0 Å². The molecule has 128 valence electrons. The molecule has 1 heterocycles. The summed E-state index contributed by atoms with van der Waals surface area (Å²) in [6.45, 7) is 9.18. The molecular weight excluding hydrogens is 304 g/mol. The van der Waals surface area contributed by atoms with Crippen molar-refractivity contribution in [1.82, 2.24) is 15.6 Å². The maximum Gasteiger partial charge on any atom is 0.191 e. The summed E-state index contributed by atoms with van der Waals surface area (Å²) in [5.74, 6) is 1.94. The normalized spacial score (nSPS) is 20.2. The third kappa shape index (κ3) is 4.06. The van der Waals surface area contributed by atoms with Crippen LogP contribution in [0.5, 0.6) is 0 Å². The van der Waals surface area contributed by atoms with E-state index in [1.807, 2.05) is 11.3 Å². The van der Waals surface area contributed by atoms with Crippen LogP contribution in [0.1, 0.15) is 54.6 Å². The topological polar surface area (TPSA) is 49.3 Å². The molecule has 2 N–H and O–H groups in total. The molecule has 0 aromatic carbocycles. The second kappa shape index (κ2) is 7.20. The Balaban J connectivity index is 1.50. The van der Waals surface area contributed by atoms with Crippen LogP contribution in [-0.2, 0) is 6.42 Å². The van der Waals surface area contributed by atoms with Crippen LogP contribution in [0.15, 0.2) is 4.99 Å². The van der Waals surface area contributed by atoms with Crippen LogP contribution in [0.25, 0.3) is 0 Å². The summed E-state index contributed by atoms with van der Waals surface area (Å²) in [5.41, 5.74) is 1.72. The molecule has 0 spiro atoms. The van der Waals surface area contributed by atoms with Crippen LogP contribution in [0.2, 0.25) is 0 Å². The van der Waals surface area contributed by atoms with Crippen molar-refractivity contribution in [3.8, 4) is 0 Å². The second-order valence-corrected chi connectivity index (χ2v) is 8.40. The van der Waals surface area contributed by atoms with E-state index in [2.05, 4.69) is 36.4 Å². The lowest BCUT2D eigenvalue weighted by Crippen LogP contribution is -2.41. The Morgan fingerprint density at radius 1 is 1.30 bits per heavy atom. The average Bonchev–Trinajstić information content (AvgIpc) is 3.26. The molecule has 2 aliphatic carbocycles. The maximum absolute atomic E-state index is 4.90. The fourth-order valence-corrected chi connectivity index (χ4v) is 4.47. The van der Waals surface area contributed by atoms with Crippen LogP contribution >= 0.6 is 11.3 Å². The van der Waals surface area contributed by atoms with Gasteiger partial charge in [-0.05, 0) is 57.8 Å². The van der Waals surface area contributed by atoms with Crippen molar-refractivity contribution in [1.29, 1.82) is 0 Å². The Bertz CT molecular complexity index is 536. The summed E-state index contributed by atoms with van der Waals surface area (Å²) < 4.78 is 0. The average molecular weight is 335 g/mol. The van der Waals surface area contributed by atoms with E-state index in [0.29, 0.717) is 5.41 Å². The summed E-state index contributed by atoms with van der Waals surface area (Å²) in [4.78, 5) is 10.8. The van der Waals surface area contributed by atoms with E-state index in [4.69, 9.17) is 4.99 Å². The van der Waals surface area contributed by atoms with Gasteiger partial charge in [0.05, 0.1) is 10.7 Å². The van der Waals surface area contributed by atoms with Gasteiger partial charge in [-0.15, -0.1) is 11.3 Å². The molecule has 0 radical (unpaired) electrons. The fourth-order valence-electron chi connectivity index (χ4n) is 3.53. The molecule has 0 saturated heterocycles. The lowest BCUT2D eigenvalue weighted by molar-refractivity contribution is 0.113. The van der Waals surface area contributed by atoms with Gasteiger partial charge in [-0.3, -0.25) is 4.99 Å². The van der Waals surface area contributed by atoms with Crippen LogP contribution in [-0.4, -0.2) is 30.6 Å². The van der Waals surface area contributed by atoms with Gasteiger partial charge in [-0.2, -0.15) is 0 Å². The highest BCUT2D eigenvalue weighted by Gasteiger charge is 2.48. The number of hydrogen-bond donors (Lipinski definition) is 2. The third-order valence-corrected chi connectivity index (χ3v) is 6.53. The second-order valence-electron chi connectivity index (χ2n) is 7.11. The van der Waals surface area contributed by atoms with Crippen molar-refractivity contribution in [3.05, 3.63) is 15.6 Å². The van der Waals surface area contributed by atoms with Gasteiger partial charge >= 0.3 is 0 Å². The Labute approximate surface area is 144 Å². The largest absolute Gasteiger partial charge is 0.357 e. The lowest BCUT2D eigenvalue weighted by atomic mass is 9.65. The monoisotopic (exact) mass is 334 g/mol. The van der Waals surface area contributed by atoms with Crippen molar-refractivity contribution in [2.75, 3.05) is 19.6 Å². The zero-order chi connectivity index (χ0) is 16.3. The maximum atomic E-state index is 4.90. The number of aryl methyl sites for hydroxylation is 2. The minimum absolute atomic E-state index is 0.548. The fraction of sp³-hybridized carbons (Fsp3) is 0.778. The van der Waals surface area contributed by atoms with Crippen molar-refractivity contribution < 1.29 is 0 Å². The smallest absolute Gasteiger partial charge is 0.191 e. The van der Waals surface area contributed by atoms with E-state index in [0.717, 1.165) is 37.9 Å². The van der Waals surface area contributed by atoms with Crippen molar-refractivity contribution in [2.24, 2.45) is 16.3 Å². The number of hydrogen-bond acceptors (Lipinski definition) is 3. The van der Waals surface area contributed by atoms with Gasteiger partial charge in [0.1, 0.15) is 0 Å². The molecule has 1 aromatic rings. The molecule has 2 saturated carbocycles. The molecule has 4 nitrogen and oxygen atoms in total. The first kappa shape index (κ1) is 16.7. The van der Waals surface area contributed by atoms with Gasteiger partial charge in [-0.25, -0.2) is 4.98 Å². The van der Waals surface area contributed by atoms with Crippen molar-refractivity contribution in [2.45, 2.75) is 59.3 Å². The van der Waals surface area contributed by atoms with Crippen molar-refractivity contribution >= 4 is 17.3 Å². The number of nitrogens with zero attached hydrogens (tertiary/aromatic N) is 2. The number of guanidine groups is 1. The van der Waals surface area contributed by atoms with Gasteiger partial charge < -0.3 is 10.6 Å². The standard InChI is InChI=1S/C18H30N4S/c1-4-19-17(20-11-8-16-22-13(2)14(3)23-16)21-12-18(9-5-10-18)15-6-7-15/h15H,4-12H2,1-3H3,(H2,19,20,21). The number of aliphatic imine (C=N–C) groups is 1. The SMILES string of the molecule is CCNC(=NCC1(C2CC2)CCC1)NCCc1nc(C)c(C)s1. The Kier molecular flexibility index (Phi) is 5.24. The van der Waals surface area contributed by atoms with E-state index in [9.17, 15) is 0 Å². The summed E-state index contributed by atoms with van der Waals surface area (Å²) in [6, 6.07) is 0. The quantitative estimate of drug-likeness (QED) is 0.593. The zero-order valence-electron chi connectivity index (χ0n) is 14.7. The van der Waals surface area contributed by atoms with Gasteiger partial charge in [0.15, 0.2) is 5.96 Å². The van der Waals surface area contributed by atoms with E-state index < -0.39 is 0 Å². The molecule has 0 atom stereocenters. The van der Waals surface area contributed by atoms with E-state index in [1.165, 1.54) is 47.7 Å². The minimum atomic E-state index is 0.548. The highest BCUT2D eigenvalue weighted by atomic mass is 32.1. The molecule has 0 unspecified atom stereocenters. The first-order chi connectivity index (χ1) is 11.1. The lowest BCUT2D eigenvalue weighted by Gasteiger charge is -2.41. The minimum Gasteiger partial charge on any atom is -0.357 e. The van der Waals surface area contributed by atoms with Crippen LogP contribution in [0, 0.1) is 25.2 Å². The number of nitrogens with one attached hydrogen (secondary N) is 2. The predicted octanol–water partition coefficient (Wildman–Crippen LogP) is 3.44. The predicted molar refractivity (Wildman–Crippen MR) is 98.3 cm³/mol. The Morgan fingerprint density at radius 3 is 2.61 bits per heavy atom. The van der Waals surface area contributed by atoms with Crippen LogP contribution in [0.3, 0.4) is 0 Å². The highest BCUT2D eigenvalue weighted by molar-refractivity contribution is 7.11. The first-order valence-electron chi connectivity index (χ1n) is 9.08. The van der Waals surface area contributed by atoms with E-state index in [-0.39, 0.29) is 0 Å². The van der Waals surface area contributed by atoms with Crippen LogP contribution in [0.4, 0.5) is 0 Å². The molecule has 23 heavy (non-hydrogen) atoms. The van der Waals surface area contributed by atoms with Crippen molar-refractivity contribution in [3.63, 3.8) is 0 Å². The van der Waals surface area contributed by atoms with Crippen LogP contribution < -0.4 is 10.6 Å². The summed E-state index contributed by atoms with van der Waals surface area (Å²) in [6.07, 6.45) is 8.01. The first-order valence-corrected chi connectivity index (χ1v) is 9.90. The zero-order valence-corrected chi connectivity index (χ0v) is 15.6. The molecule has 2 aliphatic rings. The molecule has 3 rings (SSSR count). The molecule has 1 aromatic heterocycles. The highest BCUT2D eigenvalue weighted by Crippen LogP contribution is 2.57. The number of aromatic nitrogens is 1. The third-order valence-electron chi connectivity index (χ3n) is 5.39. The molecule has 2 fully saturated rings. The molecule has 0 bridgehead atoms.